The Hall–Kier alpha value is -2.72. The summed E-state index contributed by atoms with van der Waals surface area (Å²) in [6, 6.07) is 6.72. The summed E-state index contributed by atoms with van der Waals surface area (Å²) in [6.45, 7) is 8.51. The van der Waals surface area contributed by atoms with Crippen LogP contribution in [0.5, 0.6) is 0 Å². The van der Waals surface area contributed by atoms with E-state index in [1.807, 2.05) is 20.8 Å². The molecule has 2 amide bonds. The average molecular weight is 468 g/mol. The van der Waals surface area contributed by atoms with Gasteiger partial charge in [0.15, 0.2) is 0 Å². The molecule has 0 aliphatic heterocycles. The maximum absolute atomic E-state index is 13.1. The molecule has 8 nitrogen and oxygen atoms in total. The maximum atomic E-state index is 13.1. The van der Waals surface area contributed by atoms with Crippen LogP contribution in [0.4, 0.5) is 4.39 Å². The highest BCUT2D eigenvalue weighted by Crippen LogP contribution is 2.18. The molecule has 1 aromatic heterocycles. The Morgan fingerprint density at radius 2 is 1.75 bits per heavy atom. The zero-order chi connectivity index (χ0) is 24.1. The summed E-state index contributed by atoms with van der Waals surface area (Å²) in [7, 11) is -4.05. The van der Waals surface area contributed by atoms with Crippen LogP contribution < -0.4 is 10.0 Å². The predicted octanol–water partition coefficient (Wildman–Crippen LogP) is 2.67. The largest absolute Gasteiger partial charge is 0.467 e. The number of carbonyl (C=O) groups excluding carboxylic acids is 2. The second kappa shape index (κ2) is 10.3. The van der Waals surface area contributed by atoms with Crippen LogP contribution in [0, 0.1) is 11.7 Å². The second-order valence-electron chi connectivity index (χ2n) is 8.81. The van der Waals surface area contributed by atoms with Gasteiger partial charge in [0.2, 0.25) is 21.8 Å². The fourth-order valence-electron chi connectivity index (χ4n) is 3.12. The van der Waals surface area contributed by atoms with Gasteiger partial charge >= 0.3 is 0 Å². The van der Waals surface area contributed by atoms with E-state index in [0.29, 0.717) is 5.76 Å². The lowest BCUT2D eigenvalue weighted by Gasteiger charge is -2.35. The van der Waals surface area contributed by atoms with Crippen molar-refractivity contribution in [1.29, 1.82) is 0 Å². The molecule has 1 atom stereocenters. The molecule has 0 saturated heterocycles. The van der Waals surface area contributed by atoms with Crippen LogP contribution >= 0.6 is 0 Å². The van der Waals surface area contributed by atoms with Crippen molar-refractivity contribution in [3.63, 3.8) is 0 Å². The Morgan fingerprint density at radius 1 is 1.12 bits per heavy atom. The van der Waals surface area contributed by atoms with Crippen molar-refractivity contribution in [3.8, 4) is 0 Å². The van der Waals surface area contributed by atoms with E-state index in [1.165, 1.54) is 11.2 Å². The van der Waals surface area contributed by atoms with E-state index in [2.05, 4.69) is 10.0 Å². The smallest absolute Gasteiger partial charge is 0.243 e. The minimum Gasteiger partial charge on any atom is -0.467 e. The minimum absolute atomic E-state index is 0.00941. The van der Waals surface area contributed by atoms with Crippen molar-refractivity contribution >= 4 is 21.8 Å². The first kappa shape index (κ1) is 25.5. The SMILES string of the molecule is CC(C)C(C(=O)NC(C)(C)C)N(Cc1ccco1)C(=O)CNS(=O)(=O)c1ccc(F)cc1. The molecule has 1 aromatic carbocycles. The van der Waals surface area contributed by atoms with E-state index in [1.54, 1.807) is 26.0 Å². The lowest BCUT2D eigenvalue weighted by molar-refractivity contribution is -0.143. The summed E-state index contributed by atoms with van der Waals surface area (Å²) in [5.41, 5.74) is -0.520. The summed E-state index contributed by atoms with van der Waals surface area (Å²) in [5, 5.41) is 2.88. The Labute approximate surface area is 188 Å². The summed E-state index contributed by atoms with van der Waals surface area (Å²) in [4.78, 5) is 27.3. The zero-order valence-electron chi connectivity index (χ0n) is 18.9. The van der Waals surface area contributed by atoms with Crippen LogP contribution in [0.1, 0.15) is 40.4 Å². The summed E-state index contributed by atoms with van der Waals surface area (Å²) < 4.78 is 45.7. The van der Waals surface area contributed by atoms with E-state index in [0.717, 1.165) is 24.3 Å². The first-order valence-electron chi connectivity index (χ1n) is 10.2. The van der Waals surface area contributed by atoms with Gasteiger partial charge < -0.3 is 14.6 Å². The average Bonchev–Trinajstić information content (AvgIpc) is 3.17. The molecule has 176 valence electrons. The number of hydrogen-bond donors (Lipinski definition) is 2. The third-order valence-electron chi connectivity index (χ3n) is 4.50. The number of amides is 2. The van der Waals surface area contributed by atoms with Crippen molar-refractivity contribution in [1.82, 2.24) is 14.9 Å². The molecule has 0 saturated carbocycles. The molecule has 0 aliphatic carbocycles. The number of rotatable bonds is 9. The number of nitrogens with one attached hydrogen (secondary N) is 2. The van der Waals surface area contributed by atoms with Crippen molar-refractivity contribution in [2.24, 2.45) is 5.92 Å². The summed E-state index contributed by atoms with van der Waals surface area (Å²) in [6.07, 6.45) is 1.45. The normalized spacial score (nSPS) is 13.1. The predicted molar refractivity (Wildman–Crippen MR) is 117 cm³/mol. The van der Waals surface area contributed by atoms with Crippen LogP contribution in [-0.4, -0.2) is 43.3 Å². The molecule has 0 radical (unpaired) electrons. The number of hydrogen-bond acceptors (Lipinski definition) is 5. The molecular weight excluding hydrogens is 437 g/mol. The monoisotopic (exact) mass is 467 g/mol. The van der Waals surface area contributed by atoms with E-state index in [-0.39, 0.29) is 23.3 Å². The number of sulfonamides is 1. The summed E-state index contributed by atoms with van der Waals surface area (Å²) >= 11 is 0. The lowest BCUT2D eigenvalue weighted by atomic mass is 9.99. The van der Waals surface area contributed by atoms with Gasteiger partial charge in [-0.3, -0.25) is 9.59 Å². The Bertz CT molecular complexity index is 1010. The van der Waals surface area contributed by atoms with Gasteiger partial charge in [-0.25, -0.2) is 17.5 Å². The fourth-order valence-corrected chi connectivity index (χ4v) is 4.09. The molecule has 32 heavy (non-hydrogen) atoms. The molecular formula is C22H30FN3O5S. The van der Waals surface area contributed by atoms with E-state index in [4.69, 9.17) is 4.42 Å². The molecule has 0 aliphatic rings. The van der Waals surface area contributed by atoms with Gasteiger partial charge in [-0.05, 0) is 63.1 Å². The highest BCUT2D eigenvalue weighted by Gasteiger charge is 2.35. The van der Waals surface area contributed by atoms with Crippen LogP contribution in [-0.2, 0) is 26.2 Å². The highest BCUT2D eigenvalue weighted by atomic mass is 32.2. The standard InChI is InChI=1S/C22H30FN3O5S/c1-15(2)20(21(28)25-22(3,4)5)26(14-17-7-6-12-31-17)19(27)13-24-32(29,30)18-10-8-16(23)9-11-18/h6-12,15,20,24H,13-14H2,1-5H3,(H,25,28). The zero-order valence-corrected chi connectivity index (χ0v) is 19.7. The van der Waals surface area contributed by atoms with Gasteiger partial charge in [-0.2, -0.15) is 0 Å². The molecule has 0 fully saturated rings. The Balaban J connectivity index is 2.27. The number of furan rings is 1. The van der Waals surface area contributed by atoms with Gasteiger partial charge in [0.25, 0.3) is 0 Å². The van der Waals surface area contributed by atoms with Gasteiger partial charge in [-0.1, -0.05) is 13.8 Å². The first-order valence-corrected chi connectivity index (χ1v) is 11.7. The van der Waals surface area contributed by atoms with E-state index < -0.39 is 39.9 Å². The number of nitrogens with zero attached hydrogens (tertiary/aromatic N) is 1. The molecule has 2 rings (SSSR count). The minimum atomic E-state index is -4.05. The molecule has 10 heteroatoms. The quantitative estimate of drug-likeness (QED) is 0.589. The topological polar surface area (TPSA) is 109 Å². The van der Waals surface area contributed by atoms with Crippen LogP contribution in [0.3, 0.4) is 0 Å². The second-order valence-corrected chi connectivity index (χ2v) is 10.6. The number of halogens is 1. The molecule has 1 unspecified atom stereocenters. The fraction of sp³-hybridized carbons (Fsp3) is 0.455. The Morgan fingerprint density at radius 3 is 2.25 bits per heavy atom. The van der Waals surface area contributed by atoms with Crippen LogP contribution in [0.15, 0.2) is 52.0 Å². The molecule has 0 spiro atoms. The van der Waals surface area contributed by atoms with Crippen molar-refractivity contribution in [2.45, 2.75) is 57.6 Å². The van der Waals surface area contributed by atoms with Gasteiger partial charge in [0.1, 0.15) is 17.6 Å². The van der Waals surface area contributed by atoms with Crippen molar-refractivity contribution < 1.29 is 26.8 Å². The van der Waals surface area contributed by atoms with Crippen molar-refractivity contribution in [3.05, 3.63) is 54.2 Å². The van der Waals surface area contributed by atoms with Gasteiger partial charge in [-0.15, -0.1) is 0 Å². The third-order valence-corrected chi connectivity index (χ3v) is 5.92. The third kappa shape index (κ3) is 7.16. The highest BCUT2D eigenvalue weighted by molar-refractivity contribution is 7.89. The van der Waals surface area contributed by atoms with Crippen molar-refractivity contribution in [2.75, 3.05) is 6.54 Å². The maximum Gasteiger partial charge on any atom is 0.243 e. The van der Waals surface area contributed by atoms with Gasteiger partial charge in [0.05, 0.1) is 24.2 Å². The van der Waals surface area contributed by atoms with E-state index >= 15 is 0 Å². The molecule has 0 bridgehead atoms. The van der Waals surface area contributed by atoms with Crippen LogP contribution in [0.2, 0.25) is 0 Å². The lowest BCUT2D eigenvalue weighted by Crippen LogP contribution is -2.57. The summed E-state index contributed by atoms with van der Waals surface area (Å²) in [5.74, 6) is -1.34. The number of benzene rings is 1. The molecule has 1 heterocycles. The molecule has 2 N–H and O–H groups in total. The first-order chi connectivity index (χ1) is 14.8. The Kier molecular flexibility index (Phi) is 8.19. The number of carbonyl (C=O) groups is 2. The van der Waals surface area contributed by atoms with E-state index in [9.17, 15) is 22.4 Å². The van der Waals surface area contributed by atoms with Gasteiger partial charge in [0, 0.05) is 5.54 Å². The molecule has 2 aromatic rings. The van der Waals surface area contributed by atoms with Crippen LogP contribution in [0.25, 0.3) is 0 Å².